The normalized spacial score (nSPS) is 30.9. The number of hydrogen-bond donors (Lipinski definition) is 1. The molecule has 0 aromatic heterocycles. The third kappa shape index (κ3) is 2.24. The fourth-order valence-electron chi connectivity index (χ4n) is 2.45. The standard InChI is InChI=1S/C9H18BrN3/c10-12-5-1-9(2-6-12)3-7-13(11)8-4-9/h1-8,11H2. The van der Waals surface area contributed by atoms with Crippen molar-refractivity contribution in [2.75, 3.05) is 26.2 Å². The van der Waals surface area contributed by atoms with Gasteiger partial charge in [0, 0.05) is 42.3 Å². The van der Waals surface area contributed by atoms with Crippen molar-refractivity contribution < 1.29 is 0 Å². The zero-order valence-corrected chi connectivity index (χ0v) is 9.59. The molecular formula is C9H18BrN3. The highest BCUT2D eigenvalue weighted by Crippen LogP contribution is 2.41. The number of piperidine rings is 2. The molecule has 3 nitrogen and oxygen atoms in total. The zero-order valence-electron chi connectivity index (χ0n) is 8.01. The van der Waals surface area contributed by atoms with Gasteiger partial charge in [0.1, 0.15) is 0 Å². The van der Waals surface area contributed by atoms with Crippen LogP contribution in [-0.2, 0) is 0 Å². The minimum atomic E-state index is 0.625. The molecule has 0 aliphatic carbocycles. The maximum absolute atomic E-state index is 5.77. The van der Waals surface area contributed by atoms with Crippen LogP contribution in [0.1, 0.15) is 25.7 Å². The molecule has 0 aromatic rings. The average molecular weight is 248 g/mol. The molecule has 2 saturated heterocycles. The zero-order chi connectivity index (χ0) is 9.31. The van der Waals surface area contributed by atoms with E-state index >= 15 is 0 Å². The first-order chi connectivity index (χ1) is 6.20. The molecule has 1 spiro atoms. The Morgan fingerprint density at radius 3 is 1.92 bits per heavy atom. The van der Waals surface area contributed by atoms with E-state index in [1.165, 1.54) is 38.8 Å². The first kappa shape index (κ1) is 9.90. The molecule has 0 amide bonds. The van der Waals surface area contributed by atoms with E-state index in [0.717, 1.165) is 13.1 Å². The Hall–Kier alpha value is 0.360. The Balaban J connectivity index is 1.90. The van der Waals surface area contributed by atoms with Gasteiger partial charge in [0.25, 0.3) is 0 Å². The van der Waals surface area contributed by atoms with Crippen molar-refractivity contribution in [3.8, 4) is 0 Å². The number of halogens is 1. The van der Waals surface area contributed by atoms with Gasteiger partial charge in [0.05, 0.1) is 0 Å². The minimum absolute atomic E-state index is 0.625. The molecule has 2 rings (SSSR count). The predicted molar refractivity (Wildman–Crippen MR) is 57.2 cm³/mol. The van der Waals surface area contributed by atoms with Gasteiger partial charge in [0.15, 0.2) is 0 Å². The minimum Gasteiger partial charge on any atom is -0.269 e. The van der Waals surface area contributed by atoms with E-state index in [2.05, 4.69) is 20.1 Å². The summed E-state index contributed by atoms with van der Waals surface area (Å²) >= 11 is 3.55. The summed E-state index contributed by atoms with van der Waals surface area (Å²) in [6.07, 6.45) is 5.27. The van der Waals surface area contributed by atoms with Crippen molar-refractivity contribution >= 4 is 16.1 Å². The summed E-state index contributed by atoms with van der Waals surface area (Å²) in [4.78, 5) is 0. The van der Waals surface area contributed by atoms with Gasteiger partial charge in [-0.2, -0.15) is 0 Å². The second-order valence-electron chi connectivity index (χ2n) is 4.45. The van der Waals surface area contributed by atoms with Gasteiger partial charge < -0.3 is 0 Å². The lowest BCUT2D eigenvalue weighted by Crippen LogP contribution is -2.47. The number of rotatable bonds is 0. The van der Waals surface area contributed by atoms with Gasteiger partial charge in [-0.1, -0.05) is 0 Å². The lowest BCUT2D eigenvalue weighted by molar-refractivity contribution is 0.0598. The van der Waals surface area contributed by atoms with Crippen LogP contribution < -0.4 is 5.84 Å². The molecule has 2 heterocycles. The topological polar surface area (TPSA) is 32.5 Å². The molecule has 2 fully saturated rings. The molecule has 0 aromatic carbocycles. The van der Waals surface area contributed by atoms with Crippen molar-refractivity contribution in [3.05, 3.63) is 0 Å². The highest BCUT2D eigenvalue weighted by Gasteiger charge is 2.36. The molecule has 0 saturated carbocycles. The summed E-state index contributed by atoms with van der Waals surface area (Å²) in [5.41, 5.74) is 0.625. The van der Waals surface area contributed by atoms with Crippen molar-refractivity contribution in [2.45, 2.75) is 25.7 Å². The van der Waals surface area contributed by atoms with Crippen LogP contribution in [0.5, 0.6) is 0 Å². The summed E-state index contributed by atoms with van der Waals surface area (Å²) < 4.78 is 2.26. The Morgan fingerprint density at radius 2 is 1.38 bits per heavy atom. The van der Waals surface area contributed by atoms with Crippen LogP contribution in [0.2, 0.25) is 0 Å². The molecule has 0 bridgehead atoms. The lowest BCUT2D eigenvalue weighted by atomic mass is 9.72. The monoisotopic (exact) mass is 247 g/mol. The average Bonchev–Trinajstić information content (AvgIpc) is 2.16. The van der Waals surface area contributed by atoms with E-state index in [9.17, 15) is 0 Å². The maximum Gasteiger partial charge on any atom is 0.0133 e. The Bertz CT molecular complexity index is 146. The molecule has 0 atom stereocenters. The molecular weight excluding hydrogens is 230 g/mol. The maximum atomic E-state index is 5.77. The number of nitrogens with two attached hydrogens (primary N) is 1. The van der Waals surface area contributed by atoms with Gasteiger partial charge in [-0.15, -0.1) is 0 Å². The van der Waals surface area contributed by atoms with Gasteiger partial charge in [0.2, 0.25) is 0 Å². The summed E-state index contributed by atoms with van der Waals surface area (Å²) in [6, 6.07) is 0. The molecule has 0 unspecified atom stereocenters. The van der Waals surface area contributed by atoms with Gasteiger partial charge >= 0.3 is 0 Å². The summed E-state index contributed by atoms with van der Waals surface area (Å²) in [7, 11) is 0. The number of nitrogens with zero attached hydrogens (tertiary/aromatic N) is 2. The first-order valence-electron chi connectivity index (χ1n) is 5.11. The summed E-state index contributed by atoms with van der Waals surface area (Å²) in [5.74, 6) is 5.77. The largest absolute Gasteiger partial charge is 0.269 e. The van der Waals surface area contributed by atoms with E-state index in [4.69, 9.17) is 5.84 Å². The lowest BCUT2D eigenvalue weighted by Gasteiger charge is -2.44. The van der Waals surface area contributed by atoms with Crippen LogP contribution in [0.3, 0.4) is 0 Å². The van der Waals surface area contributed by atoms with E-state index in [1.807, 2.05) is 5.01 Å². The van der Waals surface area contributed by atoms with Gasteiger partial charge in [-0.3, -0.25) is 5.84 Å². The second-order valence-corrected chi connectivity index (χ2v) is 5.45. The highest BCUT2D eigenvalue weighted by atomic mass is 79.9. The van der Waals surface area contributed by atoms with Crippen LogP contribution in [0.15, 0.2) is 0 Å². The second kappa shape index (κ2) is 3.85. The Morgan fingerprint density at radius 1 is 0.923 bits per heavy atom. The van der Waals surface area contributed by atoms with Crippen molar-refractivity contribution in [3.63, 3.8) is 0 Å². The first-order valence-corrected chi connectivity index (χ1v) is 5.82. The van der Waals surface area contributed by atoms with Crippen LogP contribution in [0, 0.1) is 5.41 Å². The van der Waals surface area contributed by atoms with Crippen molar-refractivity contribution in [1.82, 2.24) is 8.93 Å². The molecule has 2 aliphatic heterocycles. The smallest absolute Gasteiger partial charge is 0.0133 e. The van der Waals surface area contributed by atoms with E-state index in [0.29, 0.717) is 5.41 Å². The molecule has 0 radical (unpaired) electrons. The van der Waals surface area contributed by atoms with Crippen LogP contribution >= 0.6 is 16.1 Å². The molecule has 4 heteroatoms. The third-order valence-electron chi connectivity index (χ3n) is 3.63. The summed E-state index contributed by atoms with van der Waals surface area (Å²) in [5, 5.41) is 1.96. The van der Waals surface area contributed by atoms with Crippen LogP contribution in [-0.4, -0.2) is 35.1 Å². The third-order valence-corrected chi connectivity index (χ3v) is 4.34. The van der Waals surface area contributed by atoms with Crippen LogP contribution in [0.4, 0.5) is 0 Å². The summed E-state index contributed by atoms with van der Waals surface area (Å²) in [6.45, 7) is 4.57. The van der Waals surface area contributed by atoms with Crippen molar-refractivity contribution in [2.24, 2.45) is 11.3 Å². The van der Waals surface area contributed by atoms with E-state index in [-0.39, 0.29) is 0 Å². The highest BCUT2D eigenvalue weighted by molar-refractivity contribution is 9.07. The Kier molecular flexibility index (Phi) is 2.93. The van der Waals surface area contributed by atoms with Crippen LogP contribution in [0.25, 0.3) is 0 Å². The fraction of sp³-hybridized carbons (Fsp3) is 1.00. The van der Waals surface area contributed by atoms with E-state index < -0.39 is 0 Å². The van der Waals surface area contributed by atoms with Gasteiger partial charge in [-0.25, -0.2) is 8.93 Å². The van der Waals surface area contributed by atoms with E-state index in [1.54, 1.807) is 0 Å². The number of hydrogen-bond acceptors (Lipinski definition) is 3. The van der Waals surface area contributed by atoms with Crippen molar-refractivity contribution in [1.29, 1.82) is 0 Å². The molecule has 76 valence electrons. The predicted octanol–water partition coefficient (Wildman–Crippen LogP) is 1.35. The van der Waals surface area contributed by atoms with Gasteiger partial charge in [-0.05, 0) is 31.1 Å². The fourth-order valence-corrected chi connectivity index (χ4v) is 2.81. The quantitative estimate of drug-likeness (QED) is 0.519. The molecule has 13 heavy (non-hydrogen) atoms. The molecule has 2 N–H and O–H groups in total. The Labute approximate surface area is 88.6 Å². The number of hydrazine groups is 1. The molecule has 2 aliphatic rings. The SMILES string of the molecule is NN1CCC2(CC1)CCN(Br)CC2.